The molecule has 0 bridgehead atoms. The number of hydrogen-bond donors (Lipinski definition) is 3. The molecule has 0 fully saturated rings. The Morgan fingerprint density at radius 3 is 1.97 bits per heavy atom. The lowest BCUT2D eigenvalue weighted by molar-refractivity contribution is -0.121. The van der Waals surface area contributed by atoms with Gasteiger partial charge in [0.1, 0.15) is 17.5 Å². The molecule has 0 aliphatic carbocycles. The SMILES string of the molecule is CCNc1cc(NCCNC(=O)C(c2ccccc2)c2ccccc2)nc(C)n1. The molecule has 0 radical (unpaired) electrons. The van der Waals surface area contributed by atoms with Gasteiger partial charge in [0, 0.05) is 25.7 Å². The normalized spacial score (nSPS) is 10.6. The quantitative estimate of drug-likeness (QED) is 0.488. The minimum Gasteiger partial charge on any atom is -0.370 e. The van der Waals surface area contributed by atoms with Gasteiger partial charge in [-0.3, -0.25) is 4.79 Å². The van der Waals surface area contributed by atoms with Crippen LogP contribution >= 0.6 is 0 Å². The molecule has 29 heavy (non-hydrogen) atoms. The highest BCUT2D eigenvalue weighted by atomic mass is 16.1. The summed E-state index contributed by atoms with van der Waals surface area (Å²) in [6.07, 6.45) is 0. The van der Waals surface area contributed by atoms with E-state index in [9.17, 15) is 4.79 Å². The Morgan fingerprint density at radius 1 is 0.862 bits per heavy atom. The van der Waals surface area contributed by atoms with E-state index in [1.165, 1.54) is 0 Å². The molecule has 1 aromatic heterocycles. The van der Waals surface area contributed by atoms with E-state index in [4.69, 9.17) is 0 Å². The predicted octanol–water partition coefficient (Wildman–Crippen LogP) is 3.58. The Labute approximate surface area is 171 Å². The van der Waals surface area contributed by atoms with E-state index < -0.39 is 0 Å². The highest BCUT2D eigenvalue weighted by Crippen LogP contribution is 2.24. The maximum Gasteiger partial charge on any atom is 0.232 e. The van der Waals surface area contributed by atoms with E-state index in [0.717, 1.165) is 29.3 Å². The number of aryl methyl sites for hydroxylation is 1. The number of anilines is 2. The minimum absolute atomic E-state index is 0.0172. The molecule has 1 amide bonds. The van der Waals surface area contributed by atoms with Crippen molar-refractivity contribution in [2.45, 2.75) is 19.8 Å². The largest absolute Gasteiger partial charge is 0.370 e. The van der Waals surface area contributed by atoms with Gasteiger partial charge in [0.25, 0.3) is 0 Å². The van der Waals surface area contributed by atoms with Gasteiger partial charge in [-0.1, -0.05) is 60.7 Å². The summed E-state index contributed by atoms with van der Waals surface area (Å²) in [4.78, 5) is 21.7. The number of carbonyl (C=O) groups is 1. The average Bonchev–Trinajstić information content (AvgIpc) is 2.73. The van der Waals surface area contributed by atoms with Crippen molar-refractivity contribution in [2.75, 3.05) is 30.3 Å². The summed E-state index contributed by atoms with van der Waals surface area (Å²) in [6.45, 7) is 5.75. The van der Waals surface area contributed by atoms with E-state index in [2.05, 4.69) is 25.9 Å². The first-order valence-electron chi connectivity index (χ1n) is 9.88. The Morgan fingerprint density at radius 2 is 1.41 bits per heavy atom. The van der Waals surface area contributed by atoms with E-state index in [-0.39, 0.29) is 11.8 Å². The molecule has 0 aliphatic heterocycles. The second-order valence-corrected chi connectivity index (χ2v) is 6.69. The van der Waals surface area contributed by atoms with Crippen LogP contribution in [0.15, 0.2) is 66.7 Å². The smallest absolute Gasteiger partial charge is 0.232 e. The fraction of sp³-hybridized carbons (Fsp3) is 0.261. The Kier molecular flexibility index (Phi) is 7.16. The second kappa shape index (κ2) is 10.2. The first kappa shape index (κ1) is 20.3. The zero-order valence-electron chi connectivity index (χ0n) is 16.9. The Bertz CT molecular complexity index is 876. The zero-order valence-corrected chi connectivity index (χ0v) is 16.9. The van der Waals surface area contributed by atoms with Crippen molar-refractivity contribution in [3.8, 4) is 0 Å². The number of nitrogens with one attached hydrogen (secondary N) is 3. The van der Waals surface area contributed by atoms with Crippen LogP contribution in [0.2, 0.25) is 0 Å². The van der Waals surface area contributed by atoms with Gasteiger partial charge in [-0.2, -0.15) is 0 Å². The third-order valence-electron chi connectivity index (χ3n) is 4.45. The predicted molar refractivity (Wildman–Crippen MR) is 117 cm³/mol. The average molecular weight is 390 g/mol. The highest BCUT2D eigenvalue weighted by molar-refractivity contribution is 5.87. The van der Waals surface area contributed by atoms with Crippen LogP contribution in [0.5, 0.6) is 0 Å². The van der Waals surface area contributed by atoms with Crippen LogP contribution in [0.25, 0.3) is 0 Å². The zero-order chi connectivity index (χ0) is 20.5. The Hall–Kier alpha value is -3.41. The van der Waals surface area contributed by atoms with Crippen LogP contribution in [0.3, 0.4) is 0 Å². The lowest BCUT2D eigenvalue weighted by Gasteiger charge is -2.18. The molecule has 3 rings (SSSR count). The van der Waals surface area contributed by atoms with Crippen molar-refractivity contribution in [2.24, 2.45) is 0 Å². The summed E-state index contributed by atoms with van der Waals surface area (Å²) >= 11 is 0. The molecule has 2 aromatic carbocycles. The molecule has 0 saturated heterocycles. The third-order valence-corrected chi connectivity index (χ3v) is 4.45. The highest BCUT2D eigenvalue weighted by Gasteiger charge is 2.21. The summed E-state index contributed by atoms with van der Waals surface area (Å²) in [6, 6.07) is 21.6. The van der Waals surface area contributed by atoms with Crippen LogP contribution < -0.4 is 16.0 Å². The number of amides is 1. The van der Waals surface area contributed by atoms with E-state index in [0.29, 0.717) is 18.9 Å². The lowest BCUT2D eigenvalue weighted by atomic mass is 9.90. The van der Waals surface area contributed by atoms with E-state index in [1.807, 2.05) is 80.6 Å². The van der Waals surface area contributed by atoms with Gasteiger partial charge in [0.15, 0.2) is 0 Å². The molecule has 0 unspecified atom stereocenters. The molecule has 3 N–H and O–H groups in total. The summed E-state index contributed by atoms with van der Waals surface area (Å²) in [5.74, 6) is 1.88. The number of aromatic nitrogens is 2. The molecule has 0 saturated carbocycles. The van der Waals surface area contributed by atoms with Crippen LogP contribution in [0.1, 0.15) is 29.8 Å². The van der Waals surface area contributed by atoms with Crippen molar-refractivity contribution in [3.63, 3.8) is 0 Å². The van der Waals surface area contributed by atoms with Gasteiger partial charge in [-0.15, -0.1) is 0 Å². The van der Waals surface area contributed by atoms with Gasteiger partial charge in [0.2, 0.25) is 5.91 Å². The molecule has 0 spiro atoms. The Balaban J connectivity index is 1.61. The lowest BCUT2D eigenvalue weighted by Crippen LogP contribution is -2.33. The summed E-state index contributed by atoms with van der Waals surface area (Å²) < 4.78 is 0. The molecular weight excluding hydrogens is 362 g/mol. The molecule has 3 aromatic rings. The molecule has 150 valence electrons. The summed E-state index contributed by atoms with van der Waals surface area (Å²) in [7, 11) is 0. The third kappa shape index (κ3) is 5.78. The molecular formula is C23H27N5O. The first-order chi connectivity index (χ1) is 14.2. The standard InChI is InChI=1S/C23H27N5O/c1-3-24-20-16-21(28-17(2)27-20)25-14-15-26-23(29)22(18-10-6-4-7-11-18)19-12-8-5-9-13-19/h4-13,16,22H,3,14-15H2,1-2H3,(H,26,29)(H2,24,25,27,28). The van der Waals surface area contributed by atoms with Crippen molar-refractivity contribution < 1.29 is 4.79 Å². The van der Waals surface area contributed by atoms with Crippen LogP contribution in [0, 0.1) is 6.92 Å². The van der Waals surface area contributed by atoms with Gasteiger partial charge >= 0.3 is 0 Å². The molecule has 0 atom stereocenters. The second-order valence-electron chi connectivity index (χ2n) is 6.69. The van der Waals surface area contributed by atoms with Crippen molar-refractivity contribution in [3.05, 3.63) is 83.7 Å². The number of hydrogen-bond acceptors (Lipinski definition) is 5. The minimum atomic E-state index is -0.334. The van der Waals surface area contributed by atoms with Gasteiger partial charge in [-0.05, 0) is 25.0 Å². The van der Waals surface area contributed by atoms with E-state index >= 15 is 0 Å². The molecule has 6 heteroatoms. The van der Waals surface area contributed by atoms with Crippen LogP contribution in [-0.4, -0.2) is 35.5 Å². The number of benzene rings is 2. The van der Waals surface area contributed by atoms with Gasteiger partial charge < -0.3 is 16.0 Å². The molecule has 0 aliphatic rings. The van der Waals surface area contributed by atoms with Crippen molar-refractivity contribution in [1.29, 1.82) is 0 Å². The first-order valence-corrected chi connectivity index (χ1v) is 9.88. The topological polar surface area (TPSA) is 78.9 Å². The number of rotatable bonds is 9. The number of nitrogens with zero attached hydrogens (tertiary/aromatic N) is 2. The monoisotopic (exact) mass is 389 g/mol. The van der Waals surface area contributed by atoms with Gasteiger partial charge in [-0.25, -0.2) is 9.97 Å². The number of carbonyl (C=O) groups excluding carboxylic acids is 1. The van der Waals surface area contributed by atoms with Crippen LogP contribution in [0.4, 0.5) is 11.6 Å². The maximum absolute atomic E-state index is 13.0. The van der Waals surface area contributed by atoms with Crippen molar-refractivity contribution in [1.82, 2.24) is 15.3 Å². The van der Waals surface area contributed by atoms with Crippen molar-refractivity contribution >= 4 is 17.5 Å². The molecule has 6 nitrogen and oxygen atoms in total. The van der Waals surface area contributed by atoms with E-state index in [1.54, 1.807) is 0 Å². The fourth-order valence-corrected chi connectivity index (χ4v) is 3.19. The molecule has 1 heterocycles. The van der Waals surface area contributed by atoms with Gasteiger partial charge in [0.05, 0.1) is 5.92 Å². The fourth-order valence-electron chi connectivity index (χ4n) is 3.19. The van der Waals surface area contributed by atoms with Crippen LogP contribution in [-0.2, 0) is 4.79 Å². The summed E-state index contributed by atoms with van der Waals surface area (Å²) in [5, 5.41) is 9.48. The summed E-state index contributed by atoms with van der Waals surface area (Å²) in [5.41, 5.74) is 1.96. The maximum atomic E-state index is 13.0.